The zero-order chi connectivity index (χ0) is 29.3. The maximum Gasteiger partial charge on any atom is 0.410 e. The molecule has 1 atom stereocenters. The Hall–Kier alpha value is -4.14. The third-order valence-electron chi connectivity index (χ3n) is 5.47. The van der Waals surface area contributed by atoms with Gasteiger partial charge in [0.15, 0.2) is 0 Å². The van der Waals surface area contributed by atoms with Crippen molar-refractivity contribution in [2.75, 3.05) is 58.8 Å². The van der Waals surface area contributed by atoms with E-state index in [9.17, 15) is 24.0 Å². The molecule has 2 aromatic carbocycles. The number of morpholine rings is 1. The van der Waals surface area contributed by atoms with Crippen LogP contribution in [0.25, 0.3) is 0 Å². The van der Waals surface area contributed by atoms with Gasteiger partial charge in [-0.05, 0) is 36.0 Å². The first-order valence-electron chi connectivity index (χ1n) is 12.6. The minimum atomic E-state index is -1.30. The van der Waals surface area contributed by atoms with Gasteiger partial charge in [-0.1, -0.05) is 36.4 Å². The second kappa shape index (κ2) is 17.5. The quantitative estimate of drug-likeness (QED) is 0.206. The van der Waals surface area contributed by atoms with Crippen LogP contribution in [-0.4, -0.2) is 99.0 Å². The number of nitrogens with zero attached hydrogens (tertiary/aromatic N) is 1. The molecule has 13 nitrogen and oxygen atoms in total. The molecule has 1 amide bonds. The van der Waals surface area contributed by atoms with Crippen LogP contribution in [0, 0.1) is 0 Å². The Balaban J connectivity index is 1.44. The van der Waals surface area contributed by atoms with Crippen LogP contribution in [0.3, 0.4) is 0 Å². The van der Waals surface area contributed by atoms with Crippen LogP contribution in [0.2, 0.25) is 0 Å². The van der Waals surface area contributed by atoms with Gasteiger partial charge in [0.1, 0.15) is 12.6 Å². The van der Waals surface area contributed by atoms with Crippen LogP contribution >= 0.6 is 11.8 Å². The fourth-order valence-electron chi connectivity index (χ4n) is 3.33. The molecule has 1 heterocycles. The Morgan fingerprint density at radius 2 is 1.34 bits per heavy atom. The van der Waals surface area contributed by atoms with Gasteiger partial charge in [-0.2, -0.15) is 0 Å². The maximum absolute atomic E-state index is 12.7. The third-order valence-corrected chi connectivity index (χ3v) is 6.32. The molecule has 0 unspecified atom stereocenters. The lowest BCUT2D eigenvalue weighted by Gasteiger charge is -2.26. The van der Waals surface area contributed by atoms with Crippen LogP contribution in [0.1, 0.15) is 20.7 Å². The lowest BCUT2D eigenvalue weighted by molar-refractivity contribution is -0.146. The summed E-state index contributed by atoms with van der Waals surface area (Å²) in [6.45, 7) is 1.72. The highest BCUT2D eigenvalue weighted by atomic mass is 32.2. The highest BCUT2D eigenvalue weighted by Crippen LogP contribution is 2.10. The van der Waals surface area contributed by atoms with E-state index in [1.807, 2.05) is 0 Å². The Morgan fingerprint density at radius 3 is 1.93 bits per heavy atom. The van der Waals surface area contributed by atoms with Crippen LogP contribution in [0.5, 0.6) is 0 Å². The molecule has 3 rings (SSSR count). The lowest BCUT2D eigenvalue weighted by Crippen LogP contribution is -2.45. The third kappa shape index (κ3) is 11.9. The smallest absolute Gasteiger partial charge is 0.410 e. The van der Waals surface area contributed by atoms with E-state index in [1.54, 1.807) is 48.5 Å². The first-order valence-corrected chi connectivity index (χ1v) is 13.5. The number of amides is 1. The Bertz CT molecular complexity index is 1140. The molecular formula is C27H30N2O11S. The van der Waals surface area contributed by atoms with Crippen LogP contribution in [-0.2, 0) is 33.2 Å². The van der Waals surface area contributed by atoms with Crippen LogP contribution in [0.15, 0.2) is 60.7 Å². The van der Waals surface area contributed by atoms with E-state index in [4.69, 9.17) is 28.4 Å². The van der Waals surface area contributed by atoms with Crippen molar-refractivity contribution in [3.05, 3.63) is 71.8 Å². The van der Waals surface area contributed by atoms with Crippen LogP contribution in [0.4, 0.5) is 9.59 Å². The molecule has 1 fully saturated rings. The fraction of sp³-hybridized carbons (Fsp3) is 0.370. The van der Waals surface area contributed by atoms with Crippen molar-refractivity contribution in [3.8, 4) is 0 Å². The fourth-order valence-corrected chi connectivity index (χ4v) is 3.98. The minimum Gasteiger partial charge on any atom is -0.463 e. The number of hydrogen-bond acceptors (Lipinski definition) is 13. The van der Waals surface area contributed by atoms with Crippen molar-refractivity contribution >= 4 is 41.1 Å². The van der Waals surface area contributed by atoms with Crippen LogP contribution < -0.4 is 5.32 Å². The summed E-state index contributed by atoms with van der Waals surface area (Å²) in [6, 6.07) is 14.9. The summed E-state index contributed by atoms with van der Waals surface area (Å²) in [6.07, 6.45) is -1.08. The Labute approximate surface area is 240 Å². The van der Waals surface area contributed by atoms with Gasteiger partial charge in [0, 0.05) is 25.4 Å². The molecule has 1 aliphatic heterocycles. The molecule has 0 aromatic heterocycles. The molecule has 0 radical (unpaired) electrons. The molecule has 14 heteroatoms. The molecule has 0 saturated carbocycles. The number of hydrogen-bond donors (Lipinski definition) is 1. The van der Waals surface area contributed by atoms with Crippen molar-refractivity contribution in [3.63, 3.8) is 0 Å². The SMILES string of the molecule is O=C(N[C@@H](CSC(=O)OCOC(=O)c1ccccc1)C(=O)OCCN1CCOCC1)OCOC(=O)c1ccccc1. The van der Waals surface area contributed by atoms with Crippen molar-refractivity contribution in [2.24, 2.45) is 0 Å². The predicted octanol–water partition coefficient (Wildman–Crippen LogP) is 2.46. The largest absolute Gasteiger partial charge is 0.463 e. The van der Waals surface area contributed by atoms with E-state index in [0.717, 1.165) is 0 Å². The summed E-state index contributed by atoms with van der Waals surface area (Å²) in [4.78, 5) is 63.1. The van der Waals surface area contributed by atoms with Gasteiger partial charge in [0.2, 0.25) is 13.6 Å². The zero-order valence-electron chi connectivity index (χ0n) is 22.1. The van der Waals surface area contributed by atoms with E-state index in [0.29, 0.717) is 44.6 Å². The van der Waals surface area contributed by atoms with E-state index < -0.39 is 48.9 Å². The van der Waals surface area contributed by atoms with E-state index in [2.05, 4.69) is 10.2 Å². The number of ether oxygens (including phenoxy) is 6. The number of thioether (sulfide) groups is 1. The Kier molecular flexibility index (Phi) is 13.4. The summed E-state index contributed by atoms with van der Waals surface area (Å²) in [5.74, 6) is -2.47. The Morgan fingerprint density at radius 1 is 0.780 bits per heavy atom. The maximum atomic E-state index is 12.7. The van der Waals surface area contributed by atoms with Gasteiger partial charge < -0.3 is 33.7 Å². The summed E-state index contributed by atoms with van der Waals surface area (Å²) < 4.78 is 30.1. The van der Waals surface area contributed by atoms with E-state index in [1.165, 1.54) is 12.1 Å². The molecule has 1 N–H and O–H groups in total. The van der Waals surface area contributed by atoms with Gasteiger partial charge >= 0.3 is 29.3 Å². The van der Waals surface area contributed by atoms with E-state index in [-0.39, 0.29) is 23.5 Å². The first kappa shape index (κ1) is 31.4. The van der Waals surface area contributed by atoms with Gasteiger partial charge in [-0.25, -0.2) is 24.0 Å². The highest BCUT2D eigenvalue weighted by molar-refractivity contribution is 8.13. The van der Waals surface area contributed by atoms with Gasteiger partial charge in [-0.3, -0.25) is 4.90 Å². The molecule has 220 valence electrons. The van der Waals surface area contributed by atoms with E-state index >= 15 is 0 Å². The number of esters is 3. The van der Waals surface area contributed by atoms with Crippen molar-refractivity contribution in [1.29, 1.82) is 0 Å². The number of alkyl carbamates (subject to hydrolysis) is 1. The highest BCUT2D eigenvalue weighted by Gasteiger charge is 2.26. The topological polar surface area (TPSA) is 156 Å². The number of rotatable bonds is 13. The van der Waals surface area contributed by atoms with Crippen molar-refractivity contribution in [2.45, 2.75) is 6.04 Å². The molecule has 1 saturated heterocycles. The number of nitrogens with one attached hydrogen (secondary N) is 1. The van der Waals surface area contributed by atoms with Gasteiger partial charge in [0.25, 0.3) is 0 Å². The summed E-state index contributed by atoms with van der Waals surface area (Å²) in [7, 11) is 0. The molecular weight excluding hydrogens is 560 g/mol. The van der Waals surface area contributed by atoms with Gasteiger partial charge in [0.05, 0.1) is 24.3 Å². The number of benzene rings is 2. The van der Waals surface area contributed by atoms with Crippen molar-refractivity contribution < 1.29 is 52.4 Å². The minimum absolute atomic E-state index is 0.0469. The van der Waals surface area contributed by atoms with Gasteiger partial charge in [-0.15, -0.1) is 0 Å². The monoisotopic (exact) mass is 590 g/mol. The lowest BCUT2D eigenvalue weighted by atomic mass is 10.2. The second-order valence-electron chi connectivity index (χ2n) is 8.29. The first-order chi connectivity index (χ1) is 19.9. The summed E-state index contributed by atoms with van der Waals surface area (Å²) >= 11 is 0.554. The number of carbonyl (C=O) groups excluding carboxylic acids is 5. The van der Waals surface area contributed by atoms with Crippen molar-refractivity contribution in [1.82, 2.24) is 10.2 Å². The molecule has 2 aromatic rings. The standard InChI is InChI=1S/C27H30N2O11S/c30-23(20-7-3-1-4-8-20)37-18-39-26(33)28-22(25(32)36-16-13-29-11-14-35-15-12-29)17-41-27(34)40-19-38-24(31)21-9-5-2-6-10-21/h1-10,22H,11-19H2,(H,28,33)/t22-/m0/s1. The normalized spacial score (nSPS) is 13.8. The number of carbonyl (C=O) groups is 5. The molecule has 41 heavy (non-hydrogen) atoms. The molecule has 0 aliphatic carbocycles. The molecule has 0 spiro atoms. The molecule has 0 bridgehead atoms. The molecule has 1 aliphatic rings. The average Bonchev–Trinajstić information content (AvgIpc) is 3.00. The predicted molar refractivity (Wildman–Crippen MR) is 144 cm³/mol. The average molecular weight is 591 g/mol. The summed E-state index contributed by atoms with van der Waals surface area (Å²) in [5.41, 5.74) is 0.552. The second-order valence-corrected chi connectivity index (χ2v) is 9.24. The summed E-state index contributed by atoms with van der Waals surface area (Å²) in [5, 5.41) is 1.44. The zero-order valence-corrected chi connectivity index (χ0v) is 22.9.